The van der Waals surface area contributed by atoms with E-state index in [-0.39, 0.29) is 5.91 Å². The summed E-state index contributed by atoms with van der Waals surface area (Å²) in [6, 6.07) is 5.09. The van der Waals surface area contributed by atoms with Crippen molar-refractivity contribution >= 4 is 27.3 Å². The second-order valence-corrected chi connectivity index (χ2v) is 6.72. The highest BCUT2D eigenvalue weighted by atomic mass is 32.2. The van der Waals surface area contributed by atoms with Crippen molar-refractivity contribution in [3.05, 3.63) is 23.8 Å². The van der Waals surface area contributed by atoms with Gasteiger partial charge in [0, 0.05) is 13.1 Å². The topological polar surface area (TPSA) is 96.5 Å². The van der Waals surface area contributed by atoms with Crippen molar-refractivity contribution in [3.8, 4) is 0 Å². The minimum Gasteiger partial charge on any atom is -0.366 e. The van der Waals surface area contributed by atoms with E-state index in [1.165, 1.54) is 0 Å². The van der Waals surface area contributed by atoms with Gasteiger partial charge in [-0.3, -0.25) is 9.52 Å². The van der Waals surface area contributed by atoms with E-state index >= 15 is 0 Å². The zero-order chi connectivity index (χ0) is 15.5. The molecule has 0 saturated carbocycles. The van der Waals surface area contributed by atoms with Crippen LogP contribution in [-0.4, -0.2) is 46.4 Å². The lowest BCUT2D eigenvalue weighted by Crippen LogP contribution is -2.45. The molecule has 0 radical (unpaired) electrons. The first-order valence-electron chi connectivity index (χ1n) is 6.57. The Labute approximate surface area is 124 Å². The first kappa shape index (κ1) is 15.7. The smallest absolute Gasteiger partial charge is 0.254 e. The molecule has 1 unspecified atom stereocenters. The van der Waals surface area contributed by atoms with Crippen LogP contribution in [0.3, 0.4) is 0 Å². The first-order chi connectivity index (χ1) is 9.85. The van der Waals surface area contributed by atoms with Crippen LogP contribution in [0.25, 0.3) is 0 Å². The van der Waals surface area contributed by atoms with E-state index in [9.17, 15) is 13.2 Å². The lowest BCUT2D eigenvalue weighted by atomic mass is 10.2. The van der Waals surface area contributed by atoms with Crippen LogP contribution in [-0.2, 0) is 19.6 Å². The van der Waals surface area contributed by atoms with Crippen molar-refractivity contribution in [1.82, 2.24) is 5.32 Å². The highest BCUT2D eigenvalue weighted by Gasteiger charge is 2.22. The number of sulfonamides is 1. The molecule has 21 heavy (non-hydrogen) atoms. The molecule has 0 aliphatic carbocycles. The van der Waals surface area contributed by atoms with Crippen LogP contribution in [0.2, 0.25) is 0 Å². The summed E-state index contributed by atoms with van der Waals surface area (Å²) in [6.07, 6.45) is 0.484. The SMILES string of the molecule is Cc1ccc(NS(C)(=O)=O)c(NC(=O)C2CNCCO2)c1. The van der Waals surface area contributed by atoms with Crippen LogP contribution in [0, 0.1) is 6.92 Å². The Morgan fingerprint density at radius 2 is 2.14 bits per heavy atom. The number of hydrogen-bond donors (Lipinski definition) is 3. The predicted molar refractivity (Wildman–Crippen MR) is 80.9 cm³/mol. The zero-order valence-corrected chi connectivity index (χ0v) is 12.8. The maximum absolute atomic E-state index is 12.1. The number of anilines is 2. The van der Waals surface area contributed by atoms with Crippen molar-refractivity contribution < 1.29 is 17.9 Å². The number of aryl methyl sites for hydroxylation is 1. The largest absolute Gasteiger partial charge is 0.366 e. The summed E-state index contributed by atoms with van der Waals surface area (Å²) >= 11 is 0. The number of carbonyl (C=O) groups is 1. The Kier molecular flexibility index (Phi) is 4.81. The minimum atomic E-state index is -3.42. The van der Waals surface area contributed by atoms with E-state index in [1.807, 2.05) is 6.92 Å². The van der Waals surface area contributed by atoms with Crippen molar-refractivity contribution in [2.45, 2.75) is 13.0 Å². The van der Waals surface area contributed by atoms with Crippen LogP contribution in [0.15, 0.2) is 18.2 Å². The summed E-state index contributed by atoms with van der Waals surface area (Å²) in [5.74, 6) is -0.302. The number of hydrogen-bond acceptors (Lipinski definition) is 5. The first-order valence-corrected chi connectivity index (χ1v) is 8.46. The number of ether oxygens (including phenoxy) is 1. The maximum Gasteiger partial charge on any atom is 0.254 e. The zero-order valence-electron chi connectivity index (χ0n) is 12.0. The van der Waals surface area contributed by atoms with Crippen molar-refractivity contribution in [2.24, 2.45) is 0 Å². The average molecular weight is 313 g/mol. The van der Waals surface area contributed by atoms with E-state index in [0.29, 0.717) is 24.5 Å². The van der Waals surface area contributed by atoms with Gasteiger partial charge in [0.25, 0.3) is 5.91 Å². The molecular weight excluding hydrogens is 294 g/mol. The van der Waals surface area contributed by atoms with E-state index < -0.39 is 16.1 Å². The van der Waals surface area contributed by atoms with Gasteiger partial charge in [0.1, 0.15) is 6.10 Å². The summed E-state index contributed by atoms with van der Waals surface area (Å²) in [5.41, 5.74) is 1.66. The summed E-state index contributed by atoms with van der Waals surface area (Å²) < 4.78 is 30.5. The van der Waals surface area contributed by atoms with Gasteiger partial charge in [-0.2, -0.15) is 0 Å². The number of rotatable bonds is 4. The number of amides is 1. The molecule has 1 aliphatic rings. The summed E-state index contributed by atoms with van der Waals surface area (Å²) in [6.45, 7) is 3.49. The molecule has 1 amide bonds. The molecule has 1 atom stereocenters. The number of nitrogens with one attached hydrogen (secondary N) is 3. The van der Waals surface area contributed by atoms with Gasteiger partial charge in [-0.05, 0) is 24.6 Å². The lowest BCUT2D eigenvalue weighted by Gasteiger charge is -2.23. The lowest BCUT2D eigenvalue weighted by molar-refractivity contribution is -0.128. The van der Waals surface area contributed by atoms with Gasteiger partial charge in [0.2, 0.25) is 10.0 Å². The van der Waals surface area contributed by atoms with Crippen LogP contribution >= 0.6 is 0 Å². The molecule has 2 rings (SSSR count). The second kappa shape index (κ2) is 6.42. The van der Waals surface area contributed by atoms with Gasteiger partial charge in [-0.1, -0.05) is 6.07 Å². The van der Waals surface area contributed by atoms with Gasteiger partial charge in [0.15, 0.2) is 0 Å². The Hall–Kier alpha value is -1.64. The minimum absolute atomic E-state index is 0.302. The number of carbonyl (C=O) groups excluding carboxylic acids is 1. The standard InChI is InChI=1S/C13H19N3O4S/c1-9-3-4-10(16-21(2,18)19)11(7-9)15-13(17)12-8-14-5-6-20-12/h3-4,7,12,14,16H,5-6,8H2,1-2H3,(H,15,17). The summed E-state index contributed by atoms with van der Waals surface area (Å²) in [5, 5.41) is 5.78. The highest BCUT2D eigenvalue weighted by molar-refractivity contribution is 7.92. The van der Waals surface area contributed by atoms with Crippen molar-refractivity contribution in [3.63, 3.8) is 0 Å². The quantitative estimate of drug-likeness (QED) is 0.742. The molecule has 0 spiro atoms. The van der Waals surface area contributed by atoms with Crippen LogP contribution in [0.4, 0.5) is 11.4 Å². The normalized spacial score (nSPS) is 19.0. The Bertz CT molecular complexity index is 624. The van der Waals surface area contributed by atoms with E-state index in [4.69, 9.17) is 4.74 Å². The average Bonchev–Trinajstić information content (AvgIpc) is 2.41. The fraction of sp³-hybridized carbons (Fsp3) is 0.462. The van der Waals surface area contributed by atoms with Gasteiger partial charge in [0.05, 0.1) is 24.2 Å². The molecule has 1 saturated heterocycles. The predicted octanol–water partition coefficient (Wildman–Crippen LogP) is 0.293. The molecule has 116 valence electrons. The molecule has 1 fully saturated rings. The van der Waals surface area contributed by atoms with Crippen LogP contribution < -0.4 is 15.4 Å². The Morgan fingerprint density at radius 3 is 2.76 bits per heavy atom. The molecule has 8 heteroatoms. The van der Waals surface area contributed by atoms with Crippen LogP contribution in [0.5, 0.6) is 0 Å². The van der Waals surface area contributed by atoms with Crippen LogP contribution in [0.1, 0.15) is 5.56 Å². The maximum atomic E-state index is 12.1. The molecule has 0 bridgehead atoms. The van der Waals surface area contributed by atoms with E-state index in [0.717, 1.165) is 18.4 Å². The third kappa shape index (κ3) is 4.69. The molecule has 1 aliphatic heterocycles. The summed E-state index contributed by atoms with van der Waals surface area (Å²) in [4.78, 5) is 12.1. The molecular formula is C13H19N3O4S. The van der Waals surface area contributed by atoms with Gasteiger partial charge >= 0.3 is 0 Å². The third-order valence-corrected chi connectivity index (χ3v) is 3.54. The highest BCUT2D eigenvalue weighted by Crippen LogP contribution is 2.24. The monoisotopic (exact) mass is 313 g/mol. The number of morpholine rings is 1. The number of benzene rings is 1. The van der Waals surface area contributed by atoms with Crippen molar-refractivity contribution in [2.75, 3.05) is 36.0 Å². The van der Waals surface area contributed by atoms with E-state index in [1.54, 1.807) is 18.2 Å². The van der Waals surface area contributed by atoms with Crippen molar-refractivity contribution in [1.29, 1.82) is 0 Å². The molecule has 1 aromatic rings. The third-order valence-electron chi connectivity index (χ3n) is 2.95. The molecule has 1 aromatic carbocycles. The van der Waals surface area contributed by atoms with Gasteiger partial charge in [-0.25, -0.2) is 8.42 Å². The summed E-state index contributed by atoms with van der Waals surface area (Å²) in [7, 11) is -3.42. The molecule has 0 aromatic heterocycles. The Morgan fingerprint density at radius 1 is 1.38 bits per heavy atom. The fourth-order valence-corrected chi connectivity index (χ4v) is 2.57. The van der Waals surface area contributed by atoms with Gasteiger partial charge < -0.3 is 15.4 Å². The van der Waals surface area contributed by atoms with Gasteiger partial charge in [-0.15, -0.1) is 0 Å². The Balaban J connectivity index is 2.17. The molecule has 3 N–H and O–H groups in total. The molecule has 7 nitrogen and oxygen atoms in total. The van der Waals surface area contributed by atoms with E-state index in [2.05, 4.69) is 15.4 Å². The fourth-order valence-electron chi connectivity index (χ4n) is 2.00. The second-order valence-electron chi connectivity index (χ2n) is 4.98. The molecule has 1 heterocycles.